The minimum atomic E-state index is -0.264. The first-order chi connectivity index (χ1) is 9.54. The molecule has 6 heteroatoms. The zero-order valence-electron chi connectivity index (χ0n) is 12.4. The molecule has 0 aliphatic heterocycles. The first-order valence-electron chi connectivity index (χ1n) is 7.15. The second-order valence-electron chi connectivity index (χ2n) is 5.29. The molecule has 0 radical (unpaired) electrons. The fraction of sp³-hybridized carbons (Fsp3) is 0.714. The van der Waals surface area contributed by atoms with Gasteiger partial charge in [-0.15, -0.1) is 0 Å². The van der Waals surface area contributed by atoms with Gasteiger partial charge < -0.3 is 5.32 Å². The van der Waals surface area contributed by atoms with E-state index in [1.807, 2.05) is 11.8 Å². The Morgan fingerprint density at radius 3 is 2.75 bits per heavy atom. The van der Waals surface area contributed by atoms with Crippen LogP contribution in [0.5, 0.6) is 0 Å². The zero-order valence-corrected chi connectivity index (χ0v) is 13.2. The van der Waals surface area contributed by atoms with Crippen molar-refractivity contribution in [2.45, 2.75) is 44.0 Å². The molecule has 1 fully saturated rings. The van der Waals surface area contributed by atoms with Gasteiger partial charge in [-0.2, -0.15) is 11.8 Å². The van der Waals surface area contributed by atoms with E-state index in [9.17, 15) is 9.59 Å². The third-order valence-electron chi connectivity index (χ3n) is 4.00. The second kappa shape index (κ2) is 6.63. The average Bonchev–Trinajstić information content (AvgIpc) is 2.87. The summed E-state index contributed by atoms with van der Waals surface area (Å²) in [5.41, 5.74) is 0.251. The fourth-order valence-electron chi connectivity index (χ4n) is 2.76. The normalized spacial score (nSPS) is 22.4. The maximum Gasteiger partial charge on any atom is 0.330 e. The molecule has 0 bridgehead atoms. The van der Waals surface area contributed by atoms with Crippen LogP contribution in [0.3, 0.4) is 0 Å². The Labute approximate surface area is 123 Å². The average molecular weight is 297 g/mol. The Morgan fingerprint density at radius 2 is 2.05 bits per heavy atom. The smallest absolute Gasteiger partial charge is 0.307 e. The van der Waals surface area contributed by atoms with Gasteiger partial charge in [0.1, 0.15) is 0 Å². The number of nitrogens with zero attached hydrogens (tertiary/aromatic N) is 2. The summed E-state index contributed by atoms with van der Waals surface area (Å²) in [6, 6.07) is 2.03. The summed E-state index contributed by atoms with van der Waals surface area (Å²) >= 11 is 2.00. The van der Waals surface area contributed by atoms with Crippen LogP contribution in [-0.4, -0.2) is 26.2 Å². The predicted octanol–water partition coefficient (Wildman–Crippen LogP) is 0.848. The highest BCUT2D eigenvalue weighted by Crippen LogP contribution is 2.29. The lowest BCUT2D eigenvalue weighted by Gasteiger charge is -2.21. The molecule has 0 amide bonds. The fourth-order valence-corrected chi connectivity index (χ4v) is 3.98. The number of hydrogen-bond donors (Lipinski definition) is 1. The van der Waals surface area contributed by atoms with Gasteiger partial charge >= 0.3 is 5.69 Å². The van der Waals surface area contributed by atoms with Gasteiger partial charge in [0.15, 0.2) is 0 Å². The van der Waals surface area contributed by atoms with E-state index in [2.05, 4.69) is 12.2 Å². The molecular formula is C14H23N3O2S. The van der Waals surface area contributed by atoms with E-state index >= 15 is 0 Å². The molecule has 1 heterocycles. The van der Waals surface area contributed by atoms with Crippen LogP contribution in [0.2, 0.25) is 0 Å². The van der Waals surface area contributed by atoms with Gasteiger partial charge in [-0.05, 0) is 18.6 Å². The van der Waals surface area contributed by atoms with E-state index in [-0.39, 0.29) is 11.2 Å². The number of nitrogens with one attached hydrogen (secondary N) is 1. The van der Waals surface area contributed by atoms with Crippen molar-refractivity contribution in [1.82, 2.24) is 14.5 Å². The molecular weight excluding hydrogens is 274 g/mol. The molecule has 1 aromatic rings. The summed E-state index contributed by atoms with van der Waals surface area (Å²) in [5, 5.41) is 4.17. The van der Waals surface area contributed by atoms with Crippen LogP contribution in [0.4, 0.5) is 0 Å². The molecule has 2 unspecified atom stereocenters. The monoisotopic (exact) mass is 297 g/mol. The Morgan fingerprint density at radius 1 is 1.30 bits per heavy atom. The summed E-state index contributed by atoms with van der Waals surface area (Å²) in [5.74, 6) is 1.13. The number of thioether (sulfide) groups is 1. The molecule has 1 saturated carbocycles. The van der Waals surface area contributed by atoms with Gasteiger partial charge in [0.05, 0.1) is 0 Å². The lowest BCUT2D eigenvalue weighted by Crippen LogP contribution is -2.41. The molecule has 112 valence electrons. The Hall–Kier alpha value is -1.01. The van der Waals surface area contributed by atoms with Gasteiger partial charge in [-0.3, -0.25) is 13.9 Å². The van der Waals surface area contributed by atoms with E-state index in [1.54, 1.807) is 17.7 Å². The maximum absolute atomic E-state index is 11.9. The zero-order chi connectivity index (χ0) is 14.7. The molecule has 0 spiro atoms. The molecule has 5 nitrogen and oxygen atoms in total. The SMILES string of the molecule is CCSC1CCCC1NCc1cc(=O)n(C)c(=O)n1C. The van der Waals surface area contributed by atoms with E-state index in [4.69, 9.17) is 0 Å². The molecule has 1 N–H and O–H groups in total. The van der Waals surface area contributed by atoms with Crippen molar-refractivity contribution in [3.8, 4) is 0 Å². The van der Waals surface area contributed by atoms with E-state index in [0.717, 1.165) is 16.0 Å². The minimum absolute atomic E-state index is 0.240. The third kappa shape index (κ3) is 3.17. The van der Waals surface area contributed by atoms with Crippen LogP contribution in [0.25, 0.3) is 0 Å². The number of aromatic nitrogens is 2. The quantitative estimate of drug-likeness (QED) is 0.875. The van der Waals surface area contributed by atoms with Gasteiger partial charge in [0.2, 0.25) is 0 Å². The van der Waals surface area contributed by atoms with Gasteiger partial charge in [0, 0.05) is 43.7 Å². The van der Waals surface area contributed by atoms with Gasteiger partial charge in [0.25, 0.3) is 5.56 Å². The van der Waals surface area contributed by atoms with E-state index in [0.29, 0.717) is 17.8 Å². The highest BCUT2D eigenvalue weighted by molar-refractivity contribution is 7.99. The summed E-state index contributed by atoms with van der Waals surface area (Å²) in [6.45, 7) is 2.76. The van der Waals surface area contributed by atoms with Crippen molar-refractivity contribution in [2.24, 2.45) is 14.1 Å². The molecule has 20 heavy (non-hydrogen) atoms. The van der Waals surface area contributed by atoms with Gasteiger partial charge in [-0.25, -0.2) is 4.79 Å². The Bertz CT molecular complexity index is 579. The molecule has 0 saturated heterocycles. The molecule has 1 aromatic heterocycles. The van der Waals surface area contributed by atoms with Crippen molar-refractivity contribution in [2.75, 3.05) is 5.75 Å². The largest absolute Gasteiger partial charge is 0.330 e. The standard InChI is InChI=1S/C14H23N3O2S/c1-4-20-12-7-5-6-11(12)15-9-10-8-13(18)17(3)14(19)16(10)2/h8,11-12,15H,4-7,9H2,1-3H3. The van der Waals surface area contributed by atoms with Crippen molar-refractivity contribution in [3.05, 3.63) is 32.6 Å². The highest BCUT2D eigenvalue weighted by Gasteiger charge is 2.26. The van der Waals surface area contributed by atoms with Crippen molar-refractivity contribution in [3.63, 3.8) is 0 Å². The highest BCUT2D eigenvalue weighted by atomic mass is 32.2. The molecule has 1 aliphatic rings. The van der Waals surface area contributed by atoms with Crippen molar-refractivity contribution < 1.29 is 0 Å². The van der Waals surface area contributed by atoms with Crippen LogP contribution in [0.1, 0.15) is 31.9 Å². The van der Waals surface area contributed by atoms with Crippen LogP contribution in [0, 0.1) is 0 Å². The number of hydrogen-bond acceptors (Lipinski definition) is 4. The lowest BCUT2D eigenvalue weighted by atomic mass is 10.2. The van der Waals surface area contributed by atoms with Crippen LogP contribution >= 0.6 is 11.8 Å². The maximum atomic E-state index is 11.9. The van der Waals surface area contributed by atoms with Gasteiger partial charge in [-0.1, -0.05) is 13.3 Å². The number of rotatable bonds is 5. The predicted molar refractivity (Wildman–Crippen MR) is 83.3 cm³/mol. The topological polar surface area (TPSA) is 56.0 Å². The summed E-state index contributed by atoms with van der Waals surface area (Å²) in [4.78, 5) is 23.6. The van der Waals surface area contributed by atoms with Crippen LogP contribution in [-0.2, 0) is 20.6 Å². The Kier molecular flexibility index (Phi) is 5.10. The minimum Gasteiger partial charge on any atom is -0.307 e. The van der Waals surface area contributed by atoms with Crippen molar-refractivity contribution in [1.29, 1.82) is 0 Å². The molecule has 0 aromatic carbocycles. The summed E-state index contributed by atoms with van der Waals surface area (Å²) < 4.78 is 2.68. The summed E-state index contributed by atoms with van der Waals surface area (Å²) in [6.07, 6.45) is 3.69. The van der Waals surface area contributed by atoms with Crippen LogP contribution < -0.4 is 16.6 Å². The molecule has 2 rings (SSSR count). The van der Waals surface area contributed by atoms with Crippen LogP contribution in [0.15, 0.2) is 15.7 Å². The lowest BCUT2D eigenvalue weighted by molar-refractivity contribution is 0.509. The molecule has 2 atom stereocenters. The van der Waals surface area contributed by atoms with Crippen molar-refractivity contribution >= 4 is 11.8 Å². The summed E-state index contributed by atoms with van der Waals surface area (Å²) in [7, 11) is 3.22. The first kappa shape index (κ1) is 15.4. The second-order valence-corrected chi connectivity index (χ2v) is 6.80. The third-order valence-corrected chi connectivity index (χ3v) is 5.33. The molecule has 1 aliphatic carbocycles. The van der Waals surface area contributed by atoms with E-state index < -0.39 is 0 Å². The Balaban J connectivity index is 2.08. The first-order valence-corrected chi connectivity index (χ1v) is 8.20. The van der Waals surface area contributed by atoms with E-state index in [1.165, 1.54) is 26.3 Å².